The summed E-state index contributed by atoms with van der Waals surface area (Å²) in [5, 5.41) is 26.3. The van der Waals surface area contributed by atoms with Crippen LogP contribution in [0.4, 0.5) is 0 Å². The molecule has 0 heterocycles. The number of carboxylic acids is 1. The molecule has 0 aromatic heterocycles. The second-order valence-electron chi connectivity index (χ2n) is 9.46. The molecule has 0 aliphatic carbocycles. The number of aliphatic carboxylic acids is 1. The highest BCUT2D eigenvalue weighted by Crippen LogP contribution is 2.12. The van der Waals surface area contributed by atoms with Gasteiger partial charge in [0.15, 0.2) is 0 Å². The number of aromatic hydroxyl groups is 1. The molecule has 0 radical (unpaired) electrons. The van der Waals surface area contributed by atoms with E-state index in [-0.39, 0.29) is 31.4 Å². The van der Waals surface area contributed by atoms with Crippen LogP contribution >= 0.6 is 0 Å². The summed E-state index contributed by atoms with van der Waals surface area (Å²) in [6.07, 6.45) is 0.982. The Hall–Kier alpha value is -3.71. The van der Waals surface area contributed by atoms with Gasteiger partial charge in [0.05, 0.1) is 6.04 Å². The molecule has 4 atom stereocenters. The summed E-state index contributed by atoms with van der Waals surface area (Å²) in [4.78, 5) is 61.7. The lowest BCUT2D eigenvalue weighted by molar-refractivity contribution is -0.143. The number of primary amides is 1. The molecule has 1 aromatic carbocycles. The van der Waals surface area contributed by atoms with Gasteiger partial charge in [0.2, 0.25) is 23.6 Å². The Kier molecular flexibility index (Phi) is 13.8. The molecule has 4 amide bonds. The Morgan fingerprint density at radius 2 is 1.42 bits per heavy atom. The molecule has 0 bridgehead atoms. The summed E-state index contributed by atoms with van der Waals surface area (Å²) in [6.45, 7) is 3.64. The number of rotatable bonds is 17. The van der Waals surface area contributed by atoms with E-state index >= 15 is 0 Å². The lowest BCUT2D eigenvalue weighted by atomic mass is 10.0. The van der Waals surface area contributed by atoms with Crippen LogP contribution in [0.1, 0.15) is 51.5 Å². The first-order valence-corrected chi connectivity index (χ1v) is 12.5. The number of unbranched alkanes of at least 4 members (excludes halogenated alkanes) is 1. The molecule has 13 heteroatoms. The van der Waals surface area contributed by atoms with Crippen molar-refractivity contribution >= 4 is 29.6 Å². The summed E-state index contributed by atoms with van der Waals surface area (Å²) in [5.74, 6) is -4.37. The molecule has 4 unspecified atom stereocenters. The van der Waals surface area contributed by atoms with Crippen molar-refractivity contribution in [2.75, 3.05) is 6.54 Å². The smallest absolute Gasteiger partial charge is 0.326 e. The highest BCUT2D eigenvalue weighted by Gasteiger charge is 2.31. The Morgan fingerprint density at radius 3 is 1.95 bits per heavy atom. The fourth-order valence-electron chi connectivity index (χ4n) is 3.61. The molecule has 0 fully saturated rings. The third-order valence-electron chi connectivity index (χ3n) is 5.85. The number of carbonyl (C=O) groups excluding carboxylic acids is 4. The fraction of sp³-hybridized carbons (Fsp3) is 0.560. The predicted molar refractivity (Wildman–Crippen MR) is 139 cm³/mol. The summed E-state index contributed by atoms with van der Waals surface area (Å²) in [6, 6.07) is 1.56. The van der Waals surface area contributed by atoms with E-state index in [0.29, 0.717) is 24.9 Å². The van der Waals surface area contributed by atoms with Crippen LogP contribution in [-0.4, -0.2) is 70.5 Å². The van der Waals surface area contributed by atoms with E-state index in [0.717, 1.165) is 0 Å². The maximum absolute atomic E-state index is 13.1. The molecule has 0 saturated heterocycles. The summed E-state index contributed by atoms with van der Waals surface area (Å²) in [5.41, 5.74) is 17.4. The standard InChI is InChI=1S/C25H40N6O7/c1-14(2)21(25(37)38)31-24(36)18(5-3-4-12-26)30-23(35)19(10-11-20(28)33)29-22(34)17(27)13-15-6-8-16(32)9-7-15/h6-9,14,17-19,21,32H,3-5,10-13,26-27H2,1-2H3,(H2,28,33)(H,29,34)(H,30,35)(H,31,36)(H,37,38). The average Bonchev–Trinajstić information content (AvgIpc) is 2.84. The number of phenolic OH excluding ortho intramolecular Hbond substituents is 1. The number of amides is 4. The van der Waals surface area contributed by atoms with Crippen molar-refractivity contribution < 1.29 is 34.2 Å². The normalized spacial score (nSPS) is 14.1. The van der Waals surface area contributed by atoms with Gasteiger partial charge in [-0.2, -0.15) is 0 Å². The third kappa shape index (κ3) is 11.6. The van der Waals surface area contributed by atoms with Crippen molar-refractivity contribution in [2.45, 2.75) is 76.5 Å². The van der Waals surface area contributed by atoms with Crippen LogP contribution in [0.15, 0.2) is 24.3 Å². The zero-order valence-electron chi connectivity index (χ0n) is 21.8. The van der Waals surface area contributed by atoms with Crippen molar-refractivity contribution in [2.24, 2.45) is 23.1 Å². The molecule has 0 saturated carbocycles. The molecule has 0 aliphatic heterocycles. The summed E-state index contributed by atoms with van der Waals surface area (Å²) in [7, 11) is 0. The number of carboxylic acid groups (broad SMARTS) is 1. The predicted octanol–water partition coefficient (Wildman–Crippen LogP) is -1.15. The van der Waals surface area contributed by atoms with E-state index in [4.69, 9.17) is 17.2 Å². The highest BCUT2D eigenvalue weighted by molar-refractivity contribution is 5.94. The number of phenols is 1. The molecule has 1 rings (SSSR count). The molecule has 11 N–H and O–H groups in total. The van der Waals surface area contributed by atoms with Crippen molar-refractivity contribution in [3.63, 3.8) is 0 Å². The van der Waals surface area contributed by atoms with Gasteiger partial charge in [-0.05, 0) is 62.3 Å². The van der Waals surface area contributed by atoms with Gasteiger partial charge in [-0.15, -0.1) is 0 Å². The highest BCUT2D eigenvalue weighted by atomic mass is 16.4. The molecular weight excluding hydrogens is 496 g/mol. The number of hydrogen-bond donors (Lipinski definition) is 8. The fourth-order valence-corrected chi connectivity index (χ4v) is 3.61. The summed E-state index contributed by atoms with van der Waals surface area (Å²) < 4.78 is 0. The zero-order chi connectivity index (χ0) is 28.8. The minimum Gasteiger partial charge on any atom is -0.508 e. The van der Waals surface area contributed by atoms with Crippen LogP contribution in [0.5, 0.6) is 5.75 Å². The molecule has 0 aliphatic rings. The zero-order valence-corrected chi connectivity index (χ0v) is 21.8. The SMILES string of the molecule is CC(C)C(NC(=O)C(CCCCN)NC(=O)C(CCC(N)=O)NC(=O)C(N)Cc1ccc(O)cc1)C(=O)O. The van der Waals surface area contributed by atoms with Crippen LogP contribution in [0.25, 0.3) is 0 Å². The van der Waals surface area contributed by atoms with Gasteiger partial charge in [0, 0.05) is 6.42 Å². The molecule has 212 valence electrons. The van der Waals surface area contributed by atoms with Gasteiger partial charge in [0.1, 0.15) is 23.9 Å². The van der Waals surface area contributed by atoms with Crippen LogP contribution in [0.3, 0.4) is 0 Å². The quantitative estimate of drug-likeness (QED) is 0.112. The monoisotopic (exact) mass is 536 g/mol. The number of benzene rings is 1. The van der Waals surface area contributed by atoms with Gasteiger partial charge in [0.25, 0.3) is 0 Å². The number of carbonyl (C=O) groups is 5. The first-order valence-electron chi connectivity index (χ1n) is 12.5. The lowest BCUT2D eigenvalue weighted by Gasteiger charge is -2.26. The van der Waals surface area contributed by atoms with Crippen LogP contribution in [0.2, 0.25) is 0 Å². The van der Waals surface area contributed by atoms with Crippen LogP contribution < -0.4 is 33.2 Å². The maximum Gasteiger partial charge on any atom is 0.326 e. The molecular formula is C25H40N6O7. The molecule has 38 heavy (non-hydrogen) atoms. The van der Waals surface area contributed by atoms with Gasteiger partial charge >= 0.3 is 5.97 Å². The van der Waals surface area contributed by atoms with E-state index < -0.39 is 59.7 Å². The van der Waals surface area contributed by atoms with Crippen molar-refractivity contribution in [1.29, 1.82) is 0 Å². The van der Waals surface area contributed by atoms with Gasteiger partial charge in [-0.3, -0.25) is 19.2 Å². The summed E-state index contributed by atoms with van der Waals surface area (Å²) >= 11 is 0. The number of hydrogen-bond acceptors (Lipinski definition) is 8. The third-order valence-corrected chi connectivity index (χ3v) is 5.85. The van der Waals surface area contributed by atoms with E-state index in [2.05, 4.69) is 16.0 Å². The Morgan fingerprint density at radius 1 is 0.868 bits per heavy atom. The van der Waals surface area contributed by atoms with E-state index in [1.54, 1.807) is 26.0 Å². The van der Waals surface area contributed by atoms with Gasteiger partial charge < -0.3 is 43.4 Å². The Balaban J connectivity index is 3.00. The van der Waals surface area contributed by atoms with E-state index in [1.807, 2.05) is 0 Å². The molecule has 1 aromatic rings. The Labute approximate surface area is 221 Å². The van der Waals surface area contributed by atoms with E-state index in [1.165, 1.54) is 12.1 Å². The Bertz CT molecular complexity index is 954. The minimum absolute atomic E-state index is 0.0584. The number of nitrogens with one attached hydrogen (secondary N) is 3. The second kappa shape index (κ2) is 16.2. The van der Waals surface area contributed by atoms with Gasteiger partial charge in [-0.1, -0.05) is 26.0 Å². The van der Waals surface area contributed by atoms with Crippen molar-refractivity contribution in [3.05, 3.63) is 29.8 Å². The maximum atomic E-state index is 13.1. The molecule has 0 spiro atoms. The van der Waals surface area contributed by atoms with Crippen LogP contribution in [0, 0.1) is 5.92 Å². The topological polar surface area (TPSA) is 240 Å². The lowest BCUT2D eigenvalue weighted by Crippen LogP contribution is -2.57. The first kappa shape index (κ1) is 32.3. The first-order chi connectivity index (χ1) is 17.8. The van der Waals surface area contributed by atoms with E-state index in [9.17, 15) is 34.2 Å². The minimum atomic E-state index is -1.23. The van der Waals surface area contributed by atoms with Crippen LogP contribution in [-0.2, 0) is 30.4 Å². The van der Waals surface area contributed by atoms with Crippen molar-refractivity contribution in [1.82, 2.24) is 16.0 Å². The molecule has 13 nitrogen and oxygen atoms in total. The van der Waals surface area contributed by atoms with Gasteiger partial charge in [-0.25, -0.2) is 4.79 Å². The largest absolute Gasteiger partial charge is 0.508 e. The number of nitrogens with two attached hydrogens (primary N) is 3. The van der Waals surface area contributed by atoms with Crippen molar-refractivity contribution in [3.8, 4) is 5.75 Å². The average molecular weight is 537 g/mol. The second-order valence-corrected chi connectivity index (χ2v) is 9.46.